The number of hydrogen-bond donors (Lipinski definition) is 2. The molecule has 0 unspecified atom stereocenters. The Morgan fingerprint density at radius 1 is 1.17 bits per heavy atom. The summed E-state index contributed by atoms with van der Waals surface area (Å²) in [7, 11) is 0. The van der Waals surface area contributed by atoms with Gasteiger partial charge in [-0.05, 0) is 36.0 Å². The second-order valence-corrected chi connectivity index (χ2v) is 5.72. The topological polar surface area (TPSA) is 61.8 Å². The van der Waals surface area contributed by atoms with Crippen LogP contribution in [0.3, 0.4) is 0 Å². The van der Waals surface area contributed by atoms with Gasteiger partial charge in [-0.3, -0.25) is 5.10 Å². The molecule has 23 heavy (non-hydrogen) atoms. The van der Waals surface area contributed by atoms with Crippen molar-refractivity contribution in [3.63, 3.8) is 0 Å². The largest absolute Gasteiger partial charge is 0.355 e. The first-order valence-corrected chi connectivity index (χ1v) is 7.88. The number of rotatable bonds is 3. The molecule has 0 saturated heterocycles. The van der Waals surface area contributed by atoms with Crippen molar-refractivity contribution < 1.29 is 0 Å². The van der Waals surface area contributed by atoms with E-state index in [0.717, 1.165) is 28.8 Å². The zero-order chi connectivity index (χ0) is 15.8. The second kappa shape index (κ2) is 5.48. The summed E-state index contributed by atoms with van der Waals surface area (Å²) >= 11 is 5.21. The molecule has 0 spiro atoms. The maximum absolute atomic E-state index is 5.21. The minimum absolute atomic E-state index is 0.506. The Morgan fingerprint density at radius 2 is 2.00 bits per heavy atom. The van der Waals surface area contributed by atoms with Gasteiger partial charge in [0.15, 0.2) is 5.82 Å². The fourth-order valence-electron chi connectivity index (χ4n) is 2.74. The van der Waals surface area contributed by atoms with Crippen LogP contribution in [0.15, 0.2) is 47.6 Å². The van der Waals surface area contributed by atoms with Crippen molar-refractivity contribution in [2.75, 3.05) is 0 Å². The van der Waals surface area contributed by atoms with Gasteiger partial charge >= 0.3 is 0 Å². The quantitative estimate of drug-likeness (QED) is 0.442. The average molecular weight is 321 g/mol. The zero-order valence-electron chi connectivity index (χ0n) is 12.6. The number of nitrogens with one attached hydrogen (secondary N) is 2. The third kappa shape index (κ3) is 2.37. The molecule has 0 aliphatic rings. The first kappa shape index (κ1) is 13.9. The number of para-hydroxylation sites is 1. The molecule has 5 nitrogen and oxygen atoms in total. The van der Waals surface area contributed by atoms with E-state index in [1.165, 1.54) is 10.8 Å². The molecule has 2 N–H and O–H groups in total. The summed E-state index contributed by atoms with van der Waals surface area (Å²) in [6.45, 7) is 2.02. The molecule has 6 heteroatoms. The summed E-state index contributed by atoms with van der Waals surface area (Å²) in [5, 5.41) is 13.8. The van der Waals surface area contributed by atoms with Crippen LogP contribution in [-0.4, -0.2) is 26.1 Å². The van der Waals surface area contributed by atoms with Crippen LogP contribution >= 0.6 is 12.2 Å². The molecule has 0 aliphatic carbocycles. The third-order valence-electron chi connectivity index (χ3n) is 3.89. The minimum Gasteiger partial charge on any atom is -0.355 e. The zero-order valence-corrected chi connectivity index (χ0v) is 13.4. The molecule has 4 aromatic rings. The molecular weight excluding hydrogens is 306 g/mol. The lowest BCUT2D eigenvalue weighted by Crippen LogP contribution is -1.97. The lowest BCUT2D eigenvalue weighted by molar-refractivity contribution is 0.780. The summed E-state index contributed by atoms with van der Waals surface area (Å²) in [6, 6.07) is 14.5. The molecule has 4 rings (SSSR count). The molecule has 2 aromatic heterocycles. The molecule has 0 saturated carbocycles. The Hall–Kier alpha value is -2.73. The number of aromatic nitrogens is 4. The minimum atomic E-state index is 0.506. The summed E-state index contributed by atoms with van der Waals surface area (Å²) in [6.07, 6.45) is 2.58. The van der Waals surface area contributed by atoms with Gasteiger partial charge < -0.3 is 4.98 Å². The van der Waals surface area contributed by atoms with Gasteiger partial charge in [0.25, 0.3) is 0 Å². The molecule has 0 amide bonds. The number of aryl methyl sites for hydroxylation is 1. The molecule has 2 heterocycles. The lowest BCUT2D eigenvalue weighted by atomic mass is 10.1. The molecule has 2 aromatic carbocycles. The predicted octanol–water partition coefficient (Wildman–Crippen LogP) is 4.02. The molecule has 0 bridgehead atoms. The van der Waals surface area contributed by atoms with E-state index < -0.39 is 0 Å². The Morgan fingerprint density at radius 3 is 2.87 bits per heavy atom. The predicted molar refractivity (Wildman–Crippen MR) is 95.6 cm³/mol. The smallest absolute Gasteiger partial charge is 0.216 e. The van der Waals surface area contributed by atoms with E-state index in [-0.39, 0.29) is 0 Å². The molecule has 0 aliphatic heterocycles. The number of aromatic amines is 2. The fourth-order valence-corrected chi connectivity index (χ4v) is 2.94. The maximum Gasteiger partial charge on any atom is 0.216 e. The van der Waals surface area contributed by atoms with Gasteiger partial charge in [0.2, 0.25) is 4.77 Å². The van der Waals surface area contributed by atoms with Crippen LogP contribution < -0.4 is 0 Å². The highest BCUT2D eigenvalue weighted by Gasteiger charge is 2.04. The molecular formula is C17H15N5S. The van der Waals surface area contributed by atoms with Crippen molar-refractivity contribution in [3.8, 4) is 0 Å². The van der Waals surface area contributed by atoms with Crippen molar-refractivity contribution >= 4 is 40.2 Å². The van der Waals surface area contributed by atoms with E-state index >= 15 is 0 Å². The first-order chi connectivity index (χ1) is 11.3. The normalized spacial score (nSPS) is 11.9. The van der Waals surface area contributed by atoms with Gasteiger partial charge in [0.1, 0.15) is 0 Å². The summed E-state index contributed by atoms with van der Waals surface area (Å²) in [4.78, 5) is 3.42. The highest BCUT2D eigenvalue weighted by Crippen LogP contribution is 2.25. The van der Waals surface area contributed by atoms with Gasteiger partial charge in [-0.15, -0.1) is 0 Å². The van der Waals surface area contributed by atoms with Gasteiger partial charge in [-0.2, -0.15) is 14.9 Å². The van der Waals surface area contributed by atoms with E-state index in [2.05, 4.69) is 50.6 Å². The van der Waals surface area contributed by atoms with Crippen LogP contribution in [0.1, 0.15) is 18.3 Å². The monoisotopic (exact) mass is 321 g/mol. The standard InChI is InChI=1S/C17H15N5S/c1-2-16-20-21-17(23)22(16)18-10-11-7-8-15-13(9-11)12-5-3-4-6-14(12)19-15/h3-10,19H,2H2,1H3,(H,21,23)/b18-10-. The first-order valence-electron chi connectivity index (χ1n) is 7.47. The number of benzene rings is 2. The van der Waals surface area contributed by atoms with E-state index in [0.29, 0.717) is 4.77 Å². The van der Waals surface area contributed by atoms with Crippen molar-refractivity contribution in [1.29, 1.82) is 0 Å². The summed E-state index contributed by atoms with van der Waals surface area (Å²) < 4.78 is 2.17. The van der Waals surface area contributed by atoms with Crippen LogP contribution in [-0.2, 0) is 6.42 Å². The SMILES string of the molecule is CCc1n[nH]c(=S)n1/N=C\c1ccc2[nH]c3ccccc3c2c1. The molecule has 0 atom stereocenters. The van der Waals surface area contributed by atoms with Crippen molar-refractivity contribution in [1.82, 2.24) is 19.9 Å². The van der Waals surface area contributed by atoms with Crippen LogP contribution in [0.25, 0.3) is 21.8 Å². The van der Waals surface area contributed by atoms with Crippen LogP contribution in [0.2, 0.25) is 0 Å². The molecule has 114 valence electrons. The van der Waals surface area contributed by atoms with Gasteiger partial charge in [0.05, 0.1) is 6.21 Å². The number of hydrogen-bond acceptors (Lipinski definition) is 3. The third-order valence-corrected chi connectivity index (χ3v) is 4.15. The van der Waals surface area contributed by atoms with Gasteiger partial charge in [0, 0.05) is 28.2 Å². The highest BCUT2D eigenvalue weighted by molar-refractivity contribution is 7.71. The van der Waals surface area contributed by atoms with Crippen molar-refractivity contribution in [2.24, 2.45) is 5.10 Å². The highest BCUT2D eigenvalue weighted by atomic mass is 32.1. The Balaban J connectivity index is 1.80. The Bertz CT molecular complexity index is 1080. The van der Waals surface area contributed by atoms with Crippen molar-refractivity contribution in [2.45, 2.75) is 13.3 Å². The second-order valence-electron chi connectivity index (χ2n) is 5.33. The molecule has 0 fully saturated rings. The van der Waals surface area contributed by atoms with Crippen molar-refractivity contribution in [3.05, 3.63) is 58.6 Å². The van der Waals surface area contributed by atoms with E-state index in [4.69, 9.17) is 12.2 Å². The van der Waals surface area contributed by atoms with E-state index in [1.807, 2.05) is 25.3 Å². The number of H-pyrrole nitrogens is 2. The van der Waals surface area contributed by atoms with Crippen LogP contribution in [0.5, 0.6) is 0 Å². The van der Waals surface area contributed by atoms with E-state index in [1.54, 1.807) is 4.68 Å². The average Bonchev–Trinajstić information content (AvgIpc) is 3.12. The number of nitrogens with zero attached hydrogens (tertiary/aromatic N) is 3. The summed E-state index contributed by atoms with van der Waals surface area (Å²) in [5.74, 6) is 0.819. The lowest BCUT2D eigenvalue weighted by Gasteiger charge is -1.98. The van der Waals surface area contributed by atoms with Gasteiger partial charge in [-0.1, -0.05) is 31.2 Å². The Labute approximate surface area is 137 Å². The molecule has 0 radical (unpaired) electrons. The summed E-state index contributed by atoms with van der Waals surface area (Å²) in [5.41, 5.74) is 3.28. The van der Waals surface area contributed by atoms with Gasteiger partial charge in [-0.25, -0.2) is 0 Å². The van der Waals surface area contributed by atoms with E-state index in [9.17, 15) is 0 Å². The van der Waals surface area contributed by atoms with Crippen LogP contribution in [0.4, 0.5) is 0 Å². The fraction of sp³-hybridized carbons (Fsp3) is 0.118. The van der Waals surface area contributed by atoms with Crippen LogP contribution in [0, 0.1) is 4.77 Å². The Kier molecular flexibility index (Phi) is 3.31. The number of fused-ring (bicyclic) bond motifs is 3. The maximum atomic E-state index is 5.21.